The van der Waals surface area contributed by atoms with Crippen molar-refractivity contribution in [3.05, 3.63) is 12.2 Å². The standard InChI is InChI=1S/C13H22O7S/c1-9(2)12(15)18-5-11(14)6-19-20-8-21-7-10(3)13(16)17-4/h10-11,14H,1,5-8H2,2-4H3. The molecule has 122 valence electrons. The third kappa shape index (κ3) is 10.3. The summed E-state index contributed by atoms with van der Waals surface area (Å²) in [5.74, 6) is -0.328. The Morgan fingerprint density at radius 3 is 2.52 bits per heavy atom. The van der Waals surface area contributed by atoms with Gasteiger partial charge in [-0.15, -0.1) is 11.8 Å². The van der Waals surface area contributed by atoms with Gasteiger partial charge in [-0.3, -0.25) is 4.79 Å². The van der Waals surface area contributed by atoms with Crippen molar-refractivity contribution in [3.63, 3.8) is 0 Å². The first kappa shape index (κ1) is 19.9. The van der Waals surface area contributed by atoms with Crippen LogP contribution in [0.2, 0.25) is 0 Å². The van der Waals surface area contributed by atoms with Gasteiger partial charge in [0.1, 0.15) is 25.3 Å². The number of thioether (sulfide) groups is 1. The highest BCUT2D eigenvalue weighted by atomic mass is 32.2. The second-order valence-corrected chi connectivity index (χ2v) is 5.33. The Hall–Kier alpha value is -1.09. The third-order valence-corrected chi connectivity index (χ3v) is 3.20. The fourth-order valence-corrected chi connectivity index (χ4v) is 1.75. The molecule has 21 heavy (non-hydrogen) atoms. The van der Waals surface area contributed by atoms with Crippen molar-refractivity contribution < 1.29 is 33.9 Å². The molecule has 8 heteroatoms. The van der Waals surface area contributed by atoms with E-state index < -0.39 is 12.1 Å². The zero-order valence-corrected chi connectivity index (χ0v) is 13.3. The van der Waals surface area contributed by atoms with Crippen LogP contribution in [0.25, 0.3) is 0 Å². The van der Waals surface area contributed by atoms with Crippen molar-refractivity contribution in [1.82, 2.24) is 0 Å². The summed E-state index contributed by atoms with van der Waals surface area (Å²) in [5, 5.41) is 9.45. The van der Waals surface area contributed by atoms with Crippen molar-refractivity contribution in [2.24, 2.45) is 5.92 Å². The van der Waals surface area contributed by atoms with Crippen LogP contribution in [-0.2, 0) is 28.8 Å². The molecule has 0 amide bonds. The first-order valence-electron chi connectivity index (χ1n) is 6.29. The topological polar surface area (TPSA) is 91.3 Å². The van der Waals surface area contributed by atoms with Crippen molar-refractivity contribution in [2.45, 2.75) is 20.0 Å². The molecule has 2 unspecified atom stereocenters. The van der Waals surface area contributed by atoms with Crippen LogP contribution in [-0.4, -0.2) is 55.2 Å². The molecule has 0 aliphatic rings. The van der Waals surface area contributed by atoms with Crippen LogP contribution in [0.3, 0.4) is 0 Å². The third-order valence-electron chi connectivity index (χ3n) is 2.20. The summed E-state index contributed by atoms with van der Waals surface area (Å²) >= 11 is 1.35. The molecule has 1 N–H and O–H groups in total. The number of hydrogen-bond donors (Lipinski definition) is 1. The van der Waals surface area contributed by atoms with Gasteiger partial charge >= 0.3 is 11.9 Å². The van der Waals surface area contributed by atoms with Gasteiger partial charge in [-0.1, -0.05) is 13.5 Å². The lowest BCUT2D eigenvalue weighted by atomic mass is 10.2. The minimum atomic E-state index is -0.979. The van der Waals surface area contributed by atoms with E-state index in [0.717, 1.165) is 0 Å². The highest BCUT2D eigenvalue weighted by Gasteiger charge is 2.13. The molecule has 0 fully saturated rings. The van der Waals surface area contributed by atoms with Crippen LogP contribution in [0.4, 0.5) is 0 Å². The normalized spacial score (nSPS) is 13.3. The summed E-state index contributed by atoms with van der Waals surface area (Å²) in [7, 11) is 1.34. The van der Waals surface area contributed by atoms with Crippen LogP contribution < -0.4 is 0 Å². The Kier molecular flexibility index (Phi) is 11.0. The maximum absolute atomic E-state index is 11.1. The average molecular weight is 322 g/mol. The fraction of sp³-hybridized carbons (Fsp3) is 0.692. The van der Waals surface area contributed by atoms with E-state index in [2.05, 4.69) is 11.3 Å². The van der Waals surface area contributed by atoms with Crippen LogP contribution in [0.15, 0.2) is 12.2 Å². The minimum absolute atomic E-state index is 0.128. The van der Waals surface area contributed by atoms with Gasteiger partial charge in [-0.25, -0.2) is 14.6 Å². The second-order valence-electron chi connectivity index (χ2n) is 4.35. The van der Waals surface area contributed by atoms with Gasteiger partial charge in [0.25, 0.3) is 0 Å². The molecule has 0 aliphatic heterocycles. The molecule has 0 saturated heterocycles. The quantitative estimate of drug-likeness (QED) is 0.150. The van der Waals surface area contributed by atoms with Gasteiger partial charge in [0.05, 0.1) is 13.0 Å². The Bertz CT molecular complexity index is 345. The molecule has 0 aromatic heterocycles. The molecule has 0 aliphatic carbocycles. The number of carbonyl (C=O) groups excluding carboxylic acids is 2. The maximum Gasteiger partial charge on any atom is 0.333 e. The van der Waals surface area contributed by atoms with Gasteiger partial charge in [-0.05, 0) is 6.92 Å². The average Bonchev–Trinajstić information content (AvgIpc) is 2.46. The van der Waals surface area contributed by atoms with Gasteiger partial charge < -0.3 is 14.6 Å². The van der Waals surface area contributed by atoms with E-state index >= 15 is 0 Å². The minimum Gasteiger partial charge on any atom is -0.469 e. The molecule has 0 heterocycles. The summed E-state index contributed by atoms with van der Waals surface area (Å²) < 4.78 is 9.31. The van der Waals surface area contributed by atoms with Crippen molar-refractivity contribution >= 4 is 23.7 Å². The van der Waals surface area contributed by atoms with Crippen LogP contribution in [0, 0.1) is 5.92 Å². The largest absolute Gasteiger partial charge is 0.469 e. The van der Waals surface area contributed by atoms with Crippen LogP contribution in [0.1, 0.15) is 13.8 Å². The summed E-state index contributed by atoms with van der Waals surface area (Å²) in [5.41, 5.74) is 0.260. The zero-order chi connectivity index (χ0) is 16.3. The zero-order valence-electron chi connectivity index (χ0n) is 12.5. The predicted octanol–water partition coefficient (Wildman–Crippen LogP) is 0.915. The van der Waals surface area contributed by atoms with Gasteiger partial charge in [0.2, 0.25) is 0 Å². The van der Waals surface area contributed by atoms with E-state index in [0.29, 0.717) is 5.75 Å². The summed E-state index contributed by atoms with van der Waals surface area (Å²) in [6, 6.07) is 0. The van der Waals surface area contributed by atoms with E-state index in [4.69, 9.17) is 14.5 Å². The van der Waals surface area contributed by atoms with Crippen LogP contribution in [0.5, 0.6) is 0 Å². The second kappa shape index (κ2) is 11.6. The molecular weight excluding hydrogens is 300 g/mol. The molecule has 7 nitrogen and oxygen atoms in total. The highest BCUT2D eigenvalue weighted by Crippen LogP contribution is 2.10. The molecule has 0 saturated carbocycles. The van der Waals surface area contributed by atoms with E-state index in [1.54, 1.807) is 6.92 Å². The SMILES string of the molecule is C=C(C)C(=O)OCC(O)COOCSCC(C)C(=O)OC. The molecular formula is C13H22O7S. The summed E-state index contributed by atoms with van der Waals surface area (Å²) in [4.78, 5) is 31.7. The number of esters is 2. The van der Waals surface area contributed by atoms with Crippen molar-refractivity contribution in [2.75, 3.05) is 32.0 Å². The molecule has 0 spiro atoms. The first-order chi connectivity index (χ1) is 9.88. The van der Waals surface area contributed by atoms with Crippen molar-refractivity contribution in [3.8, 4) is 0 Å². The lowest BCUT2D eigenvalue weighted by molar-refractivity contribution is -0.292. The summed E-state index contributed by atoms with van der Waals surface area (Å²) in [6.45, 7) is 6.36. The molecule has 2 atom stereocenters. The van der Waals surface area contributed by atoms with Gasteiger partial charge in [-0.2, -0.15) is 0 Å². The van der Waals surface area contributed by atoms with E-state index in [9.17, 15) is 14.7 Å². The smallest absolute Gasteiger partial charge is 0.333 e. The molecule has 0 aromatic rings. The van der Waals surface area contributed by atoms with E-state index in [1.807, 2.05) is 0 Å². The number of ether oxygens (including phenoxy) is 2. The molecule has 0 rings (SSSR count). The lowest BCUT2D eigenvalue weighted by Crippen LogP contribution is -2.24. The monoisotopic (exact) mass is 322 g/mol. The molecule has 0 aromatic carbocycles. The number of carbonyl (C=O) groups is 2. The Labute approximate surface area is 128 Å². The number of hydrogen-bond acceptors (Lipinski definition) is 8. The maximum atomic E-state index is 11.1. The highest BCUT2D eigenvalue weighted by molar-refractivity contribution is 7.99. The Morgan fingerprint density at radius 2 is 1.95 bits per heavy atom. The van der Waals surface area contributed by atoms with Gasteiger partial charge in [0, 0.05) is 11.3 Å². The molecule has 0 bridgehead atoms. The summed E-state index contributed by atoms with van der Waals surface area (Å²) in [6.07, 6.45) is -0.979. The van der Waals surface area contributed by atoms with Gasteiger partial charge in [0.15, 0.2) is 0 Å². The predicted molar refractivity (Wildman–Crippen MR) is 77.3 cm³/mol. The Morgan fingerprint density at radius 1 is 1.29 bits per heavy atom. The number of aliphatic hydroxyl groups is 1. The van der Waals surface area contributed by atoms with E-state index in [-0.39, 0.29) is 36.6 Å². The first-order valence-corrected chi connectivity index (χ1v) is 7.44. The Balaban J connectivity index is 3.52. The molecule has 0 radical (unpaired) electrons. The number of methoxy groups -OCH3 is 1. The van der Waals surface area contributed by atoms with E-state index in [1.165, 1.54) is 25.8 Å². The van der Waals surface area contributed by atoms with Crippen LogP contribution >= 0.6 is 11.8 Å². The number of rotatable bonds is 11. The number of aliphatic hydroxyl groups excluding tert-OH is 1. The lowest BCUT2D eigenvalue weighted by Gasteiger charge is -2.11. The van der Waals surface area contributed by atoms with Crippen molar-refractivity contribution in [1.29, 1.82) is 0 Å². The fourth-order valence-electron chi connectivity index (χ4n) is 1.03.